The average molecular weight is 134 g/mol. The minimum absolute atomic E-state index is 0.437. The van der Waals surface area contributed by atoms with Gasteiger partial charge in [-0.2, -0.15) is 0 Å². The molecule has 4 heteroatoms. The van der Waals surface area contributed by atoms with Crippen LogP contribution in [0.4, 0.5) is 8.78 Å². The van der Waals surface area contributed by atoms with Crippen molar-refractivity contribution < 1.29 is 18.3 Å². The quantitative estimate of drug-likeness (QED) is 0.456. The lowest BCUT2D eigenvalue weighted by Gasteiger charge is -1.92. The van der Waals surface area contributed by atoms with Gasteiger partial charge < -0.3 is 4.74 Å². The molecule has 9 heavy (non-hydrogen) atoms. The van der Waals surface area contributed by atoms with E-state index in [9.17, 15) is 13.6 Å². The molecule has 2 atom stereocenters. The van der Waals surface area contributed by atoms with Crippen LogP contribution in [0.2, 0.25) is 0 Å². The standard InChI is InChI=1S/C5H4F2O2/c1-2-3(6)4(7)5(8)9-2/h3-4H,1H2. The molecular formula is C5H4F2O2. The van der Waals surface area contributed by atoms with Crippen LogP contribution >= 0.6 is 0 Å². The third kappa shape index (κ3) is 0.800. The van der Waals surface area contributed by atoms with Gasteiger partial charge in [-0.1, -0.05) is 6.58 Å². The first-order valence-corrected chi connectivity index (χ1v) is 2.31. The third-order valence-corrected chi connectivity index (χ3v) is 1.02. The fourth-order valence-corrected chi connectivity index (χ4v) is 0.524. The van der Waals surface area contributed by atoms with Crippen molar-refractivity contribution in [2.45, 2.75) is 12.3 Å². The predicted molar refractivity (Wildman–Crippen MR) is 25.0 cm³/mol. The SMILES string of the molecule is C=C1OC(=O)C(F)C1F. The number of ether oxygens (including phenoxy) is 1. The highest BCUT2D eigenvalue weighted by Crippen LogP contribution is 2.22. The Morgan fingerprint density at radius 1 is 1.44 bits per heavy atom. The molecule has 1 aliphatic rings. The van der Waals surface area contributed by atoms with Crippen molar-refractivity contribution in [1.82, 2.24) is 0 Å². The Balaban J connectivity index is 2.77. The Labute approximate surface area is 50.1 Å². The van der Waals surface area contributed by atoms with Crippen molar-refractivity contribution in [3.05, 3.63) is 12.3 Å². The van der Waals surface area contributed by atoms with Gasteiger partial charge in [0.05, 0.1) is 0 Å². The second-order valence-corrected chi connectivity index (χ2v) is 1.69. The molecule has 1 rings (SSSR count). The smallest absolute Gasteiger partial charge is 0.349 e. The number of carbonyl (C=O) groups excluding carboxylic acids is 1. The molecule has 0 N–H and O–H groups in total. The third-order valence-electron chi connectivity index (χ3n) is 1.02. The van der Waals surface area contributed by atoms with E-state index in [0.717, 1.165) is 0 Å². The molecule has 0 amide bonds. The lowest BCUT2D eigenvalue weighted by molar-refractivity contribution is -0.140. The normalized spacial score (nSPS) is 34.9. The molecule has 2 unspecified atom stereocenters. The molecule has 0 aliphatic carbocycles. The molecule has 50 valence electrons. The van der Waals surface area contributed by atoms with E-state index in [2.05, 4.69) is 11.3 Å². The summed E-state index contributed by atoms with van der Waals surface area (Å²) >= 11 is 0. The Kier molecular flexibility index (Phi) is 1.23. The number of hydrogen-bond donors (Lipinski definition) is 0. The van der Waals surface area contributed by atoms with Gasteiger partial charge in [-0.3, -0.25) is 0 Å². The first kappa shape index (κ1) is 6.19. The Morgan fingerprint density at radius 3 is 2.11 bits per heavy atom. The Hall–Kier alpha value is -0.930. The molecule has 1 heterocycles. The van der Waals surface area contributed by atoms with Crippen molar-refractivity contribution in [2.24, 2.45) is 0 Å². The minimum atomic E-state index is -2.17. The van der Waals surface area contributed by atoms with Gasteiger partial charge in [-0.05, 0) is 0 Å². The van der Waals surface area contributed by atoms with Crippen LogP contribution in [0.25, 0.3) is 0 Å². The van der Waals surface area contributed by atoms with E-state index in [-0.39, 0.29) is 0 Å². The van der Waals surface area contributed by atoms with Gasteiger partial charge in [0.25, 0.3) is 0 Å². The van der Waals surface area contributed by atoms with E-state index in [4.69, 9.17) is 0 Å². The number of carbonyl (C=O) groups is 1. The van der Waals surface area contributed by atoms with Crippen LogP contribution in [0, 0.1) is 0 Å². The molecule has 0 aromatic carbocycles. The van der Waals surface area contributed by atoms with E-state index in [1.807, 2.05) is 0 Å². The number of hydrogen-bond acceptors (Lipinski definition) is 2. The summed E-state index contributed by atoms with van der Waals surface area (Å²) in [7, 11) is 0. The van der Waals surface area contributed by atoms with Crippen molar-refractivity contribution in [3.8, 4) is 0 Å². The van der Waals surface area contributed by atoms with Gasteiger partial charge in [0.2, 0.25) is 6.17 Å². The van der Waals surface area contributed by atoms with Crippen LogP contribution in [0.1, 0.15) is 0 Å². The summed E-state index contributed by atoms with van der Waals surface area (Å²) in [6, 6.07) is 0. The largest absolute Gasteiger partial charge is 0.426 e. The summed E-state index contributed by atoms with van der Waals surface area (Å²) < 4.78 is 28.2. The molecule has 0 saturated carbocycles. The first-order valence-electron chi connectivity index (χ1n) is 2.31. The first-order chi connectivity index (χ1) is 4.13. The van der Waals surface area contributed by atoms with Crippen molar-refractivity contribution in [2.75, 3.05) is 0 Å². The van der Waals surface area contributed by atoms with Crippen LogP contribution in [0.3, 0.4) is 0 Å². The lowest BCUT2D eigenvalue weighted by atomic mass is 10.3. The molecular weight excluding hydrogens is 130 g/mol. The molecule has 0 bridgehead atoms. The number of cyclic esters (lactones) is 1. The van der Waals surface area contributed by atoms with Gasteiger partial charge >= 0.3 is 5.97 Å². The molecule has 0 spiro atoms. The Bertz CT molecular complexity index is 148. The second kappa shape index (κ2) is 1.79. The highest BCUT2D eigenvalue weighted by atomic mass is 19.2. The zero-order valence-corrected chi connectivity index (χ0v) is 4.43. The maximum absolute atomic E-state index is 12.1. The van der Waals surface area contributed by atoms with Crippen LogP contribution in [-0.4, -0.2) is 18.3 Å². The second-order valence-electron chi connectivity index (χ2n) is 1.69. The fraction of sp³-hybridized carbons (Fsp3) is 0.400. The monoisotopic (exact) mass is 134 g/mol. The van der Waals surface area contributed by atoms with Gasteiger partial charge in [0.1, 0.15) is 5.76 Å². The van der Waals surface area contributed by atoms with Gasteiger partial charge in [0, 0.05) is 0 Å². The molecule has 1 saturated heterocycles. The summed E-state index contributed by atoms with van der Waals surface area (Å²) in [6.07, 6.45) is -4.14. The topological polar surface area (TPSA) is 26.3 Å². The highest BCUT2D eigenvalue weighted by Gasteiger charge is 2.40. The van der Waals surface area contributed by atoms with Crippen LogP contribution in [-0.2, 0) is 9.53 Å². The van der Waals surface area contributed by atoms with Crippen LogP contribution in [0.5, 0.6) is 0 Å². The molecule has 0 aromatic rings. The molecule has 0 aromatic heterocycles. The molecule has 1 fully saturated rings. The number of allylic oxidation sites excluding steroid dienone is 1. The molecule has 1 aliphatic heterocycles. The average Bonchev–Trinajstić information content (AvgIpc) is 1.98. The van der Waals surface area contributed by atoms with E-state index < -0.39 is 24.1 Å². The van der Waals surface area contributed by atoms with E-state index in [0.29, 0.717) is 0 Å². The maximum Gasteiger partial charge on any atom is 0.349 e. The van der Waals surface area contributed by atoms with Gasteiger partial charge in [-0.15, -0.1) is 0 Å². The maximum atomic E-state index is 12.1. The van der Waals surface area contributed by atoms with E-state index in [1.165, 1.54) is 0 Å². The fourth-order valence-electron chi connectivity index (χ4n) is 0.524. The minimum Gasteiger partial charge on any atom is -0.426 e. The summed E-state index contributed by atoms with van der Waals surface area (Å²) in [5.74, 6) is -1.62. The lowest BCUT2D eigenvalue weighted by Crippen LogP contribution is -2.16. The summed E-state index contributed by atoms with van der Waals surface area (Å²) in [4.78, 5) is 10.1. The van der Waals surface area contributed by atoms with Crippen LogP contribution in [0.15, 0.2) is 12.3 Å². The number of rotatable bonds is 0. The van der Waals surface area contributed by atoms with E-state index >= 15 is 0 Å². The van der Waals surface area contributed by atoms with Crippen molar-refractivity contribution >= 4 is 5.97 Å². The summed E-state index contributed by atoms with van der Waals surface area (Å²) in [5.41, 5.74) is 0. The number of halogens is 2. The number of alkyl halides is 2. The highest BCUT2D eigenvalue weighted by molar-refractivity contribution is 5.79. The van der Waals surface area contributed by atoms with Crippen LogP contribution < -0.4 is 0 Å². The zero-order valence-electron chi connectivity index (χ0n) is 4.43. The van der Waals surface area contributed by atoms with E-state index in [1.54, 1.807) is 0 Å². The number of esters is 1. The van der Waals surface area contributed by atoms with Gasteiger partial charge in [-0.25, -0.2) is 13.6 Å². The van der Waals surface area contributed by atoms with Gasteiger partial charge in [0.15, 0.2) is 6.17 Å². The Morgan fingerprint density at radius 2 is 2.00 bits per heavy atom. The summed E-state index contributed by atoms with van der Waals surface area (Å²) in [6.45, 7) is 2.98. The van der Waals surface area contributed by atoms with Crippen molar-refractivity contribution in [3.63, 3.8) is 0 Å². The summed E-state index contributed by atoms with van der Waals surface area (Å²) in [5, 5.41) is 0. The van der Waals surface area contributed by atoms with Crippen molar-refractivity contribution in [1.29, 1.82) is 0 Å². The zero-order chi connectivity index (χ0) is 7.02. The predicted octanol–water partition coefficient (Wildman–Crippen LogP) is 0.733. The molecule has 0 radical (unpaired) electrons. The molecule has 2 nitrogen and oxygen atoms in total.